The zero-order valence-electron chi connectivity index (χ0n) is 22.3. The SMILES string of the molecule is CCCCCCCCOc1ccc(C(N=C(OC)C2CC(F)CN2C(=N)N)=C(C)CC)cc1C(F)(F)F. The quantitative estimate of drug-likeness (QED) is 0.133. The zero-order valence-corrected chi connectivity index (χ0v) is 22.3. The molecule has 1 saturated heterocycles. The Morgan fingerprint density at radius 2 is 1.84 bits per heavy atom. The van der Waals surface area contributed by atoms with Gasteiger partial charge < -0.3 is 20.1 Å². The van der Waals surface area contributed by atoms with Crippen LogP contribution in [0.15, 0.2) is 28.8 Å². The first kappa shape index (κ1) is 30.4. The molecule has 2 atom stereocenters. The van der Waals surface area contributed by atoms with Crippen LogP contribution in [0.5, 0.6) is 5.75 Å². The summed E-state index contributed by atoms with van der Waals surface area (Å²) in [4.78, 5) is 5.89. The highest BCUT2D eigenvalue weighted by Crippen LogP contribution is 2.39. The number of alkyl halides is 4. The molecule has 0 bridgehead atoms. The number of allylic oxidation sites excluding steroid dienone is 1. The van der Waals surface area contributed by atoms with Gasteiger partial charge in [-0.1, -0.05) is 46.0 Å². The van der Waals surface area contributed by atoms with E-state index in [9.17, 15) is 17.6 Å². The van der Waals surface area contributed by atoms with Gasteiger partial charge in [0.15, 0.2) is 5.96 Å². The predicted molar refractivity (Wildman–Crippen MR) is 140 cm³/mol. The lowest BCUT2D eigenvalue weighted by atomic mass is 10.0. The van der Waals surface area contributed by atoms with Gasteiger partial charge in [-0.3, -0.25) is 5.41 Å². The summed E-state index contributed by atoms with van der Waals surface area (Å²) in [6, 6.07) is 3.19. The monoisotopic (exact) mass is 528 g/mol. The summed E-state index contributed by atoms with van der Waals surface area (Å²) in [7, 11) is 1.36. The van der Waals surface area contributed by atoms with Gasteiger partial charge in [0.2, 0.25) is 5.90 Å². The van der Waals surface area contributed by atoms with Crippen molar-refractivity contribution in [1.29, 1.82) is 5.41 Å². The number of nitrogens with two attached hydrogens (primary N) is 1. The summed E-state index contributed by atoms with van der Waals surface area (Å²) in [6.07, 6.45) is 0.741. The van der Waals surface area contributed by atoms with Crippen molar-refractivity contribution in [2.75, 3.05) is 20.3 Å². The maximum Gasteiger partial charge on any atom is 0.419 e. The molecule has 1 fully saturated rings. The lowest BCUT2D eigenvalue weighted by Gasteiger charge is -2.25. The number of likely N-dealkylation sites (tertiary alicyclic amines) is 1. The number of hydrogen-bond donors (Lipinski definition) is 2. The van der Waals surface area contributed by atoms with E-state index in [4.69, 9.17) is 20.6 Å². The van der Waals surface area contributed by atoms with E-state index in [1.165, 1.54) is 18.1 Å². The number of halogens is 4. The van der Waals surface area contributed by atoms with Crippen LogP contribution in [0.25, 0.3) is 5.70 Å². The molecule has 2 rings (SSSR count). The largest absolute Gasteiger partial charge is 0.493 e. The molecule has 0 spiro atoms. The Morgan fingerprint density at radius 3 is 2.43 bits per heavy atom. The lowest BCUT2D eigenvalue weighted by Crippen LogP contribution is -2.44. The first-order valence-corrected chi connectivity index (χ1v) is 12.9. The Kier molecular flexibility index (Phi) is 11.7. The van der Waals surface area contributed by atoms with E-state index in [2.05, 4.69) is 11.9 Å². The molecule has 1 aromatic rings. The minimum atomic E-state index is -4.62. The fourth-order valence-corrected chi connectivity index (χ4v) is 4.31. The molecule has 6 nitrogen and oxygen atoms in total. The van der Waals surface area contributed by atoms with Gasteiger partial charge >= 0.3 is 6.18 Å². The fraction of sp³-hybridized carbons (Fsp3) is 0.630. The standard InChI is InChI=1S/C27H40F4N4O2/c1-5-7-8-9-10-11-14-37-23-13-12-19(15-21(23)27(29,30)31)24(18(3)6-2)34-25(36-4)22-16-20(28)17-35(22)26(32)33/h12-13,15,20,22H,5-11,14,16-17H2,1-4H3,(H3,32,33). The Morgan fingerprint density at radius 1 is 1.16 bits per heavy atom. The third-order valence-electron chi connectivity index (χ3n) is 6.52. The van der Waals surface area contributed by atoms with E-state index < -0.39 is 24.0 Å². The second-order valence-electron chi connectivity index (χ2n) is 9.35. The third kappa shape index (κ3) is 8.64. The number of unbranched alkanes of at least 4 members (excludes halogenated alkanes) is 5. The summed E-state index contributed by atoms with van der Waals surface area (Å²) in [5, 5.41) is 7.76. The molecule has 10 heteroatoms. The highest BCUT2D eigenvalue weighted by Gasteiger charge is 2.38. The van der Waals surface area contributed by atoms with Gasteiger partial charge in [0.05, 0.1) is 31.5 Å². The van der Waals surface area contributed by atoms with Crippen molar-refractivity contribution in [1.82, 2.24) is 4.90 Å². The van der Waals surface area contributed by atoms with Crippen LogP contribution in [0, 0.1) is 5.41 Å². The molecular weight excluding hydrogens is 488 g/mol. The first-order valence-electron chi connectivity index (χ1n) is 12.9. The molecule has 208 valence electrons. The van der Waals surface area contributed by atoms with Crippen molar-refractivity contribution in [3.8, 4) is 5.75 Å². The van der Waals surface area contributed by atoms with Crippen molar-refractivity contribution in [2.24, 2.45) is 10.7 Å². The average Bonchev–Trinajstić information content (AvgIpc) is 3.25. The van der Waals surface area contributed by atoms with E-state index in [0.29, 0.717) is 18.5 Å². The third-order valence-corrected chi connectivity index (χ3v) is 6.52. The molecule has 3 N–H and O–H groups in total. The molecule has 1 aromatic carbocycles. The van der Waals surface area contributed by atoms with Crippen molar-refractivity contribution in [2.45, 2.75) is 90.5 Å². The molecule has 0 aliphatic carbocycles. The van der Waals surface area contributed by atoms with Crippen LogP contribution in [0.3, 0.4) is 0 Å². The highest BCUT2D eigenvalue weighted by atomic mass is 19.4. The number of rotatable bonds is 12. The summed E-state index contributed by atoms with van der Waals surface area (Å²) in [6.45, 7) is 5.91. The number of ether oxygens (including phenoxy) is 2. The second-order valence-corrected chi connectivity index (χ2v) is 9.35. The van der Waals surface area contributed by atoms with Gasteiger partial charge in [0.25, 0.3) is 0 Å². The molecule has 0 saturated carbocycles. The van der Waals surface area contributed by atoms with Crippen LogP contribution in [-0.4, -0.2) is 49.2 Å². The highest BCUT2D eigenvalue weighted by molar-refractivity contribution is 5.92. The van der Waals surface area contributed by atoms with Crippen LogP contribution in [0.4, 0.5) is 17.6 Å². The van der Waals surface area contributed by atoms with Crippen molar-refractivity contribution >= 4 is 17.6 Å². The van der Waals surface area contributed by atoms with Crippen molar-refractivity contribution < 1.29 is 27.0 Å². The summed E-state index contributed by atoms with van der Waals surface area (Å²) < 4.78 is 67.1. The summed E-state index contributed by atoms with van der Waals surface area (Å²) >= 11 is 0. The summed E-state index contributed by atoms with van der Waals surface area (Å²) in [5.41, 5.74) is 6.02. The molecule has 0 amide bonds. The second kappa shape index (κ2) is 14.2. The van der Waals surface area contributed by atoms with Gasteiger partial charge in [-0.2, -0.15) is 13.2 Å². The number of nitrogens with one attached hydrogen (secondary N) is 1. The van der Waals surface area contributed by atoms with Crippen LogP contribution in [0.2, 0.25) is 0 Å². The molecule has 1 aliphatic rings. The Hall–Kier alpha value is -2.78. The van der Waals surface area contributed by atoms with E-state index in [-0.39, 0.29) is 42.7 Å². The van der Waals surface area contributed by atoms with Gasteiger partial charge in [0, 0.05) is 12.0 Å². The minimum Gasteiger partial charge on any atom is -0.493 e. The van der Waals surface area contributed by atoms with E-state index in [1.54, 1.807) is 13.0 Å². The molecule has 2 unspecified atom stereocenters. The molecule has 1 heterocycles. The normalized spacial score (nSPS) is 19.1. The van der Waals surface area contributed by atoms with E-state index >= 15 is 0 Å². The van der Waals surface area contributed by atoms with Crippen LogP contribution >= 0.6 is 0 Å². The number of guanidine groups is 1. The molecular formula is C27H40F4N4O2. The zero-order chi connectivity index (χ0) is 27.6. The molecule has 1 aliphatic heterocycles. The predicted octanol–water partition coefficient (Wildman–Crippen LogP) is 6.94. The number of benzene rings is 1. The van der Waals surface area contributed by atoms with Gasteiger partial charge in [-0.15, -0.1) is 0 Å². The van der Waals surface area contributed by atoms with E-state index in [0.717, 1.165) is 43.7 Å². The van der Waals surface area contributed by atoms with Gasteiger partial charge in [0.1, 0.15) is 18.0 Å². The number of methoxy groups -OCH3 is 1. The molecule has 0 aromatic heterocycles. The lowest BCUT2D eigenvalue weighted by molar-refractivity contribution is -0.139. The van der Waals surface area contributed by atoms with Crippen LogP contribution < -0.4 is 10.5 Å². The van der Waals surface area contributed by atoms with E-state index in [1.807, 2.05) is 6.92 Å². The smallest absolute Gasteiger partial charge is 0.419 e. The number of aliphatic imine (C=N–C) groups is 1. The Balaban J connectivity index is 2.37. The van der Waals surface area contributed by atoms with Crippen LogP contribution in [0.1, 0.15) is 83.3 Å². The first-order chi connectivity index (χ1) is 17.5. The fourth-order valence-electron chi connectivity index (χ4n) is 4.31. The molecule has 0 radical (unpaired) electrons. The van der Waals surface area contributed by atoms with Crippen molar-refractivity contribution in [3.05, 3.63) is 34.9 Å². The topological polar surface area (TPSA) is 83.9 Å². The van der Waals surface area contributed by atoms with Crippen LogP contribution in [-0.2, 0) is 10.9 Å². The Labute approximate surface area is 217 Å². The van der Waals surface area contributed by atoms with Gasteiger partial charge in [-0.05, 0) is 43.5 Å². The maximum absolute atomic E-state index is 14.1. The summed E-state index contributed by atoms with van der Waals surface area (Å²) in [5.74, 6) is -0.443. The van der Waals surface area contributed by atoms with Gasteiger partial charge in [-0.25, -0.2) is 9.38 Å². The average molecular weight is 529 g/mol. The Bertz CT molecular complexity index is 962. The maximum atomic E-state index is 14.1. The number of hydrogen-bond acceptors (Lipinski definition) is 4. The minimum absolute atomic E-state index is 0.0176. The number of nitrogens with zero attached hydrogens (tertiary/aromatic N) is 2. The van der Waals surface area contributed by atoms with Crippen molar-refractivity contribution in [3.63, 3.8) is 0 Å². The molecule has 37 heavy (non-hydrogen) atoms.